The van der Waals surface area contributed by atoms with Gasteiger partial charge in [-0.1, -0.05) is 6.42 Å². The fourth-order valence-electron chi connectivity index (χ4n) is 2.51. The van der Waals surface area contributed by atoms with Gasteiger partial charge < -0.3 is 15.7 Å². The van der Waals surface area contributed by atoms with Crippen LogP contribution in [0.3, 0.4) is 0 Å². The average Bonchev–Trinajstić information content (AvgIpc) is 2.75. The molecule has 3 N–H and O–H groups in total. The van der Waals surface area contributed by atoms with Crippen LogP contribution in [0.15, 0.2) is 24.3 Å². The van der Waals surface area contributed by atoms with Gasteiger partial charge in [0.2, 0.25) is 0 Å². The molecule has 108 valence electrons. The predicted molar refractivity (Wildman–Crippen MR) is 84.7 cm³/mol. The number of nitrogens with one attached hydrogen (secondary N) is 2. The van der Waals surface area contributed by atoms with Gasteiger partial charge in [-0.3, -0.25) is 4.79 Å². The lowest BCUT2D eigenvalue weighted by molar-refractivity contribution is -0.148. The van der Waals surface area contributed by atoms with Gasteiger partial charge in [0.05, 0.1) is 5.41 Å². The Kier molecular flexibility index (Phi) is 4.52. The number of amides is 2. The maximum atomic E-state index is 11.9. The summed E-state index contributed by atoms with van der Waals surface area (Å²) in [7, 11) is 0. The number of hydrogen-bond acceptors (Lipinski definition) is 2. The first kappa shape index (κ1) is 15.1. The molecule has 0 bridgehead atoms. The molecule has 2 atom stereocenters. The molecule has 1 saturated carbocycles. The molecular formula is C14H17IN2O3. The Bertz CT molecular complexity index is 518. The van der Waals surface area contributed by atoms with E-state index >= 15 is 0 Å². The van der Waals surface area contributed by atoms with E-state index in [0.717, 1.165) is 9.99 Å². The first-order valence-corrected chi connectivity index (χ1v) is 7.56. The molecule has 0 spiro atoms. The molecular weight excluding hydrogens is 371 g/mol. The first-order valence-electron chi connectivity index (χ1n) is 6.48. The van der Waals surface area contributed by atoms with Crippen LogP contribution in [0.4, 0.5) is 10.5 Å². The third kappa shape index (κ3) is 3.23. The third-order valence-electron chi connectivity index (χ3n) is 3.85. The minimum Gasteiger partial charge on any atom is -0.481 e. The molecule has 0 heterocycles. The zero-order valence-corrected chi connectivity index (χ0v) is 13.3. The smallest absolute Gasteiger partial charge is 0.319 e. The van der Waals surface area contributed by atoms with Crippen LogP contribution in [-0.4, -0.2) is 23.1 Å². The van der Waals surface area contributed by atoms with Gasteiger partial charge in [-0.05, 0) is 66.6 Å². The van der Waals surface area contributed by atoms with Crippen molar-refractivity contribution in [3.63, 3.8) is 0 Å². The Morgan fingerprint density at radius 1 is 1.35 bits per heavy atom. The molecule has 0 aromatic heterocycles. The molecule has 0 aliphatic heterocycles. The van der Waals surface area contributed by atoms with Crippen LogP contribution >= 0.6 is 22.6 Å². The predicted octanol–water partition coefficient (Wildman–Crippen LogP) is 3.06. The second kappa shape index (κ2) is 5.99. The SMILES string of the molecule is CC1(C(=O)O)CCCC1NC(=O)Nc1ccc(I)cc1. The number of anilines is 1. The van der Waals surface area contributed by atoms with Crippen molar-refractivity contribution in [3.05, 3.63) is 27.8 Å². The highest BCUT2D eigenvalue weighted by Gasteiger charge is 2.45. The van der Waals surface area contributed by atoms with E-state index in [4.69, 9.17) is 0 Å². The molecule has 2 unspecified atom stereocenters. The zero-order chi connectivity index (χ0) is 14.8. The van der Waals surface area contributed by atoms with Crippen molar-refractivity contribution in [1.29, 1.82) is 0 Å². The van der Waals surface area contributed by atoms with E-state index in [1.165, 1.54) is 0 Å². The molecule has 1 aromatic carbocycles. The summed E-state index contributed by atoms with van der Waals surface area (Å²) in [5.74, 6) is -0.852. The molecule has 2 amide bonds. The van der Waals surface area contributed by atoms with Crippen molar-refractivity contribution in [2.24, 2.45) is 5.41 Å². The first-order chi connectivity index (χ1) is 9.41. The van der Waals surface area contributed by atoms with E-state index in [-0.39, 0.29) is 12.1 Å². The molecule has 1 aliphatic rings. The highest BCUT2D eigenvalue weighted by atomic mass is 127. The van der Waals surface area contributed by atoms with Crippen LogP contribution in [0.5, 0.6) is 0 Å². The Hall–Kier alpha value is -1.31. The van der Waals surface area contributed by atoms with E-state index < -0.39 is 11.4 Å². The summed E-state index contributed by atoms with van der Waals surface area (Å²) in [5, 5.41) is 14.8. The van der Waals surface area contributed by atoms with E-state index in [2.05, 4.69) is 33.2 Å². The van der Waals surface area contributed by atoms with Gasteiger partial charge in [0.1, 0.15) is 0 Å². The molecule has 1 aromatic rings. The normalized spacial score (nSPS) is 25.2. The summed E-state index contributed by atoms with van der Waals surface area (Å²) in [6.45, 7) is 1.69. The van der Waals surface area contributed by atoms with Gasteiger partial charge in [0.25, 0.3) is 0 Å². The summed E-state index contributed by atoms with van der Waals surface area (Å²) in [6.07, 6.45) is 2.11. The number of carboxylic acids is 1. The average molecular weight is 388 g/mol. The van der Waals surface area contributed by atoms with E-state index in [1.54, 1.807) is 6.92 Å². The van der Waals surface area contributed by atoms with E-state index in [1.807, 2.05) is 24.3 Å². The summed E-state index contributed by atoms with van der Waals surface area (Å²) in [4.78, 5) is 23.3. The molecule has 6 heteroatoms. The number of benzene rings is 1. The summed E-state index contributed by atoms with van der Waals surface area (Å²) in [5.41, 5.74) is -0.179. The van der Waals surface area contributed by atoms with Crippen LogP contribution in [0, 0.1) is 8.99 Å². The number of carboxylic acid groups (broad SMARTS) is 1. The van der Waals surface area contributed by atoms with Crippen LogP contribution in [0.2, 0.25) is 0 Å². The van der Waals surface area contributed by atoms with Crippen LogP contribution in [0.25, 0.3) is 0 Å². The number of hydrogen-bond donors (Lipinski definition) is 3. The molecule has 5 nitrogen and oxygen atoms in total. The number of aliphatic carboxylic acids is 1. The Balaban J connectivity index is 1.98. The van der Waals surface area contributed by atoms with Crippen LogP contribution < -0.4 is 10.6 Å². The summed E-state index contributed by atoms with van der Waals surface area (Å²) >= 11 is 2.19. The maximum absolute atomic E-state index is 11.9. The van der Waals surface area contributed by atoms with Crippen molar-refractivity contribution in [3.8, 4) is 0 Å². The standard InChI is InChI=1S/C14H17IN2O3/c1-14(12(18)19)8-2-3-11(14)17-13(20)16-10-6-4-9(15)5-7-10/h4-7,11H,2-3,8H2,1H3,(H,18,19)(H2,16,17,20). The van der Waals surface area contributed by atoms with Crippen molar-refractivity contribution < 1.29 is 14.7 Å². The molecule has 0 radical (unpaired) electrons. The summed E-state index contributed by atoms with van der Waals surface area (Å²) in [6, 6.07) is 6.73. The summed E-state index contributed by atoms with van der Waals surface area (Å²) < 4.78 is 1.09. The van der Waals surface area contributed by atoms with Gasteiger partial charge in [-0.2, -0.15) is 0 Å². The topological polar surface area (TPSA) is 78.4 Å². The quantitative estimate of drug-likeness (QED) is 0.697. The minimum atomic E-state index is -0.872. The second-order valence-electron chi connectivity index (χ2n) is 5.27. The van der Waals surface area contributed by atoms with Gasteiger partial charge >= 0.3 is 12.0 Å². The lowest BCUT2D eigenvalue weighted by Crippen LogP contribution is -2.48. The lowest BCUT2D eigenvalue weighted by Gasteiger charge is -2.27. The van der Waals surface area contributed by atoms with Crippen LogP contribution in [-0.2, 0) is 4.79 Å². The molecule has 20 heavy (non-hydrogen) atoms. The second-order valence-corrected chi connectivity index (χ2v) is 6.52. The monoisotopic (exact) mass is 388 g/mol. The zero-order valence-electron chi connectivity index (χ0n) is 11.1. The van der Waals surface area contributed by atoms with Gasteiger partial charge in [-0.15, -0.1) is 0 Å². The molecule has 0 saturated heterocycles. The fourth-order valence-corrected chi connectivity index (χ4v) is 2.87. The molecule has 2 rings (SSSR count). The fraction of sp³-hybridized carbons (Fsp3) is 0.429. The van der Waals surface area contributed by atoms with Gasteiger partial charge in [0.15, 0.2) is 0 Å². The maximum Gasteiger partial charge on any atom is 0.319 e. The third-order valence-corrected chi connectivity index (χ3v) is 4.57. The van der Waals surface area contributed by atoms with Crippen LogP contribution in [0.1, 0.15) is 26.2 Å². The van der Waals surface area contributed by atoms with Crippen molar-refractivity contribution in [2.45, 2.75) is 32.2 Å². The van der Waals surface area contributed by atoms with Crippen molar-refractivity contribution >= 4 is 40.3 Å². The number of rotatable bonds is 3. The highest BCUT2D eigenvalue weighted by molar-refractivity contribution is 14.1. The van der Waals surface area contributed by atoms with Crippen molar-refractivity contribution in [2.75, 3.05) is 5.32 Å². The van der Waals surface area contributed by atoms with Gasteiger partial charge in [-0.25, -0.2) is 4.79 Å². The highest BCUT2D eigenvalue weighted by Crippen LogP contribution is 2.38. The minimum absolute atomic E-state index is 0.330. The van der Waals surface area contributed by atoms with Crippen molar-refractivity contribution in [1.82, 2.24) is 5.32 Å². The number of carbonyl (C=O) groups is 2. The lowest BCUT2D eigenvalue weighted by atomic mass is 9.85. The Morgan fingerprint density at radius 3 is 2.60 bits per heavy atom. The molecule has 1 fully saturated rings. The Morgan fingerprint density at radius 2 is 2.00 bits per heavy atom. The molecule has 1 aliphatic carbocycles. The van der Waals surface area contributed by atoms with E-state index in [9.17, 15) is 14.7 Å². The number of carbonyl (C=O) groups excluding carboxylic acids is 1. The number of halogens is 1. The van der Waals surface area contributed by atoms with E-state index in [0.29, 0.717) is 18.5 Å². The van der Waals surface area contributed by atoms with Gasteiger partial charge in [0, 0.05) is 15.3 Å². The Labute approximate surface area is 131 Å². The number of urea groups is 1. The largest absolute Gasteiger partial charge is 0.481 e.